The fraction of sp³-hybridized carbons (Fsp3) is 0. The van der Waals surface area contributed by atoms with Gasteiger partial charge in [0.25, 0.3) is 31.6 Å². The molecule has 19 heteroatoms. The van der Waals surface area contributed by atoms with Gasteiger partial charge < -0.3 is 10.2 Å². The van der Waals surface area contributed by atoms with Crippen LogP contribution in [0.15, 0.2) is 21.9 Å². The topological polar surface area (TPSA) is 270 Å². The maximum absolute atomic E-state index is 12.9. The summed E-state index contributed by atoms with van der Waals surface area (Å²) in [4.78, 5) is 42.7. The first-order valence-electron chi connectivity index (χ1n) is 7.63. The molecule has 33 heavy (non-hydrogen) atoms. The Morgan fingerprint density at radius 3 is 1.18 bits per heavy atom. The third-order valence-electron chi connectivity index (χ3n) is 4.35. The van der Waals surface area contributed by atoms with Crippen molar-refractivity contribution < 1.29 is 85.1 Å². The van der Waals surface area contributed by atoms with Gasteiger partial charge >= 0.3 is 29.6 Å². The molecule has 4 N–H and O–H groups in total. The van der Waals surface area contributed by atoms with Crippen LogP contribution in [-0.2, 0) is 20.2 Å². The number of carbonyl (C=O) groups excluding carboxylic acids is 2. The second-order valence-electron chi connectivity index (χ2n) is 6.11. The Morgan fingerprint density at radius 1 is 0.667 bits per heavy atom. The zero-order chi connectivity index (χ0) is 24.5. The molecule has 16 nitrogen and oxygen atoms in total. The number of hydrogen-bond donors (Lipinski definition) is 4. The monoisotopic (exact) mass is 513 g/mol. The van der Waals surface area contributed by atoms with Crippen LogP contribution in [0.2, 0.25) is 0 Å². The molecule has 0 radical (unpaired) electrons. The molecular formula is C14H6N2NaO14S2+. The number of nitrogens with zero attached hydrogens (tertiary/aromatic N) is 2. The molecule has 0 bridgehead atoms. The van der Waals surface area contributed by atoms with E-state index in [1.165, 1.54) is 0 Å². The summed E-state index contributed by atoms with van der Waals surface area (Å²) < 4.78 is 64.3. The van der Waals surface area contributed by atoms with Crippen molar-refractivity contribution in [2.45, 2.75) is 9.79 Å². The predicted molar refractivity (Wildman–Crippen MR) is 96.0 cm³/mol. The minimum absolute atomic E-state index is 0. The minimum Gasteiger partial charge on any atom is -0.506 e. The summed E-state index contributed by atoms with van der Waals surface area (Å²) in [5.74, 6) is -6.94. The zero-order valence-electron chi connectivity index (χ0n) is 15.7. The SMILES string of the molecule is O=C1c2c([N+](=O)[O-])cc(S(=O)(=O)O)c(O)c2C(=O)c2c(O)c(S(=O)(=O)O)cc([N+](=O)[O-])c21.[Na+]. The van der Waals surface area contributed by atoms with Gasteiger partial charge in [0, 0.05) is 12.1 Å². The average Bonchev–Trinajstić information content (AvgIpc) is 2.62. The van der Waals surface area contributed by atoms with E-state index in [-0.39, 0.29) is 41.7 Å². The molecule has 2 aromatic rings. The van der Waals surface area contributed by atoms with Crippen molar-refractivity contribution >= 4 is 43.2 Å². The summed E-state index contributed by atoms with van der Waals surface area (Å²) in [5.41, 5.74) is -8.47. The third-order valence-corrected chi connectivity index (χ3v) is 6.08. The van der Waals surface area contributed by atoms with Crippen LogP contribution in [0.4, 0.5) is 11.4 Å². The van der Waals surface area contributed by atoms with E-state index in [4.69, 9.17) is 0 Å². The fourth-order valence-corrected chi connectivity index (χ4v) is 4.32. The molecule has 0 fully saturated rings. The molecule has 0 aromatic heterocycles. The Hall–Kier alpha value is -3.00. The smallest absolute Gasteiger partial charge is 0.506 e. The number of fused-ring (bicyclic) bond motifs is 2. The van der Waals surface area contributed by atoms with Gasteiger partial charge in [0.15, 0.2) is 0 Å². The molecule has 1 aliphatic carbocycles. The van der Waals surface area contributed by atoms with Crippen LogP contribution in [0, 0.1) is 20.2 Å². The molecule has 1 aliphatic rings. The van der Waals surface area contributed by atoms with Crippen molar-refractivity contribution in [3.63, 3.8) is 0 Å². The second-order valence-corrected chi connectivity index (χ2v) is 8.89. The minimum atomic E-state index is -5.43. The first-order valence-corrected chi connectivity index (χ1v) is 10.5. The Kier molecular flexibility index (Phi) is 6.44. The number of ketones is 2. The molecule has 0 amide bonds. The quantitative estimate of drug-likeness (QED) is 0.119. The Balaban J connectivity index is 0.00000385. The van der Waals surface area contributed by atoms with Crippen molar-refractivity contribution in [2.24, 2.45) is 0 Å². The van der Waals surface area contributed by atoms with E-state index in [0.717, 1.165) is 0 Å². The van der Waals surface area contributed by atoms with E-state index < -0.39 is 96.6 Å². The maximum atomic E-state index is 12.9. The molecule has 0 saturated heterocycles. The summed E-state index contributed by atoms with van der Waals surface area (Å²) in [5, 5.41) is 43.1. The van der Waals surface area contributed by atoms with Crippen LogP contribution in [0.25, 0.3) is 0 Å². The number of nitro benzene ring substituents is 2. The van der Waals surface area contributed by atoms with Gasteiger partial charge in [-0.15, -0.1) is 0 Å². The van der Waals surface area contributed by atoms with Gasteiger partial charge in [0.05, 0.1) is 21.0 Å². The molecule has 2 aromatic carbocycles. The molecule has 0 atom stereocenters. The first-order chi connectivity index (χ1) is 14.5. The number of phenols is 2. The van der Waals surface area contributed by atoms with Gasteiger partial charge in [-0.2, -0.15) is 16.8 Å². The van der Waals surface area contributed by atoms with Crippen LogP contribution in [0.5, 0.6) is 11.5 Å². The van der Waals surface area contributed by atoms with Crippen molar-refractivity contribution in [1.29, 1.82) is 0 Å². The molecule has 0 unspecified atom stereocenters. The van der Waals surface area contributed by atoms with E-state index in [1.807, 2.05) is 0 Å². The molecule has 0 spiro atoms. The van der Waals surface area contributed by atoms with Crippen molar-refractivity contribution in [3.8, 4) is 11.5 Å². The number of carbonyl (C=O) groups is 2. The van der Waals surface area contributed by atoms with Crippen molar-refractivity contribution in [2.75, 3.05) is 0 Å². The Bertz CT molecular complexity index is 1420. The predicted octanol–water partition coefficient (Wildman–Crippen LogP) is -2.81. The standard InChI is InChI=1S/C14H6N2O14S2.Na/c17-11-5(31(25,26)27)1-3(15(21)22)7-9(11)14(20)10-8(13(7)19)4(16(23)24)2-6(12(10)18)32(28,29)30;/h1-2,17-18H,(H,25,26,27)(H,28,29,30);/q;+1. The van der Waals surface area contributed by atoms with Crippen LogP contribution in [0.3, 0.4) is 0 Å². The maximum Gasteiger partial charge on any atom is 1.00 e. The third kappa shape index (κ3) is 3.97. The van der Waals surface area contributed by atoms with Crippen LogP contribution in [-0.4, -0.2) is 57.6 Å². The first kappa shape index (κ1) is 26.3. The number of hydrogen-bond acceptors (Lipinski definition) is 12. The zero-order valence-corrected chi connectivity index (χ0v) is 19.4. The average molecular weight is 513 g/mol. The number of benzene rings is 2. The van der Waals surface area contributed by atoms with Crippen molar-refractivity contribution in [3.05, 3.63) is 54.6 Å². The summed E-state index contributed by atoms with van der Waals surface area (Å²) in [6, 6.07) is 0.0514. The molecule has 0 heterocycles. The number of rotatable bonds is 4. The second kappa shape index (κ2) is 8.09. The van der Waals surface area contributed by atoms with Crippen LogP contribution in [0.1, 0.15) is 31.8 Å². The molecule has 0 aliphatic heterocycles. The Morgan fingerprint density at radius 2 is 0.939 bits per heavy atom. The van der Waals surface area contributed by atoms with E-state index in [9.17, 15) is 66.0 Å². The normalized spacial score (nSPS) is 13.0. The van der Waals surface area contributed by atoms with Gasteiger partial charge in [-0.25, -0.2) is 0 Å². The van der Waals surface area contributed by atoms with Crippen LogP contribution < -0.4 is 29.6 Å². The van der Waals surface area contributed by atoms with E-state index in [2.05, 4.69) is 0 Å². The largest absolute Gasteiger partial charge is 1.00 e. The number of nitro groups is 2. The van der Waals surface area contributed by atoms with Gasteiger partial charge in [-0.1, -0.05) is 0 Å². The van der Waals surface area contributed by atoms with Gasteiger partial charge in [-0.3, -0.25) is 38.9 Å². The van der Waals surface area contributed by atoms with Gasteiger partial charge in [0.2, 0.25) is 11.6 Å². The van der Waals surface area contributed by atoms with Crippen LogP contribution >= 0.6 is 0 Å². The number of aromatic hydroxyl groups is 2. The summed E-state index contributed by atoms with van der Waals surface area (Å²) in [6.45, 7) is 0. The van der Waals surface area contributed by atoms with Gasteiger partial charge in [0.1, 0.15) is 32.4 Å². The summed E-state index contributed by atoms with van der Waals surface area (Å²) in [6.07, 6.45) is 0. The van der Waals surface area contributed by atoms with E-state index in [0.29, 0.717) is 0 Å². The molecule has 3 rings (SSSR count). The van der Waals surface area contributed by atoms with Gasteiger partial charge in [-0.05, 0) is 0 Å². The molecule has 0 saturated carbocycles. The van der Waals surface area contributed by atoms with Crippen molar-refractivity contribution in [1.82, 2.24) is 0 Å². The summed E-state index contributed by atoms with van der Waals surface area (Å²) in [7, 11) is -10.9. The number of phenolic OH excluding ortho intramolecular Hbond substituents is 2. The Labute approximate surface area is 203 Å². The fourth-order valence-electron chi connectivity index (χ4n) is 3.10. The summed E-state index contributed by atoms with van der Waals surface area (Å²) >= 11 is 0. The molecular weight excluding hydrogens is 507 g/mol. The van der Waals surface area contributed by atoms with E-state index in [1.54, 1.807) is 0 Å². The van der Waals surface area contributed by atoms with E-state index >= 15 is 0 Å². The molecule has 168 valence electrons.